The van der Waals surface area contributed by atoms with E-state index in [1.54, 1.807) is 0 Å². The summed E-state index contributed by atoms with van der Waals surface area (Å²) in [6, 6.07) is 0.612. The molecule has 0 bridgehead atoms. The number of rotatable bonds is 1. The minimum atomic E-state index is 0.612. The molecular weight excluding hydrogens is 150 g/mol. The van der Waals surface area contributed by atoms with Crippen LogP contribution in [0.3, 0.4) is 0 Å². The third-order valence-electron chi connectivity index (χ3n) is 2.65. The van der Waals surface area contributed by atoms with E-state index >= 15 is 0 Å². The van der Waals surface area contributed by atoms with Crippen molar-refractivity contribution in [3.8, 4) is 0 Å². The van der Waals surface area contributed by atoms with Crippen molar-refractivity contribution in [2.75, 3.05) is 5.73 Å². The summed E-state index contributed by atoms with van der Waals surface area (Å²) in [7, 11) is 0. The molecule has 0 saturated heterocycles. The van der Waals surface area contributed by atoms with Crippen LogP contribution in [0.5, 0.6) is 0 Å². The zero-order chi connectivity index (χ0) is 8.55. The fourth-order valence-electron chi connectivity index (χ4n) is 1.85. The van der Waals surface area contributed by atoms with E-state index < -0.39 is 0 Å². The highest BCUT2D eigenvalue weighted by atomic mass is 15.3. The van der Waals surface area contributed by atoms with Crippen molar-refractivity contribution in [1.29, 1.82) is 0 Å². The van der Waals surface area contributed by atoms with Gasteiger partial charge in [-0.15, -0.1) is 0 Å². The van der Waals surface area contributed by atoms with E-state index in [1.165, 1.54) is 25.7 Å². The smallest absolute Gasteiger partial charge is 0.0823 e. The average molecular weight is 165 g/mol. The van der Waals surface area contributed by atoms with Gasteiger partial charge >= 0.3 is 0 Å². The number of nitrogens with zero attached hydrogens (tertiary/aromatic N) is 2. The minimum absolute atomic E-state index is 0.612. The molecule has 0 amide bonds. The fraction of sp³-hybridized carbons (Fsp3) is 0.667. The van der Waals surface area contributed by atoms with Crippen molar-refractivity contribution in [1.82, 2.24) is 9.78 Å². The molecule has 2 rings (SSSR count). The molecule has 0 spiro atoms. The summed E-state index contributed by atoms with van der Waals surface area (Å²) in [6.07, 6.45) is 7.17. The first kappa shape index (κ1) is 7.65. The Bertz CT molecular complexity index is 252. The van der Waals surface area contributed by atoms with Gasteiger partial charge in [0.15, 0.2) is 0 Å². The van der Waals surface area contributed by atoms with E-state index in [-0.39, 0.29) is 0 Å². The third kappa shape index (κ3) is 1.19. The zero-order valence-corrected chi connectivity index (χ0v) is 7.45. The lowest BCUT2D eigenvalue weighted by Crippen LogP contribution is -2.04. The van der Waals surface area contributed by atoms with Gasteiger partial charge in [0.2, 0.25) is 0 Å². The van der Waals surface area contributed by atoms with Crippen molar-refractivity contribution in [3.05, 3.63) is 11.9 Å². The van der Waals surface area contributed by atoms with Crippen LogP contribution in [0.25, 0.3) is 0 Å². The molecule has 0 aromatic carbocycles. The largest absolute Gasteiger partial charge is 0.396 e. The normalized spacial score (nSPS) is 18.8. The van der Waals surface area contributed by atoms with Crippen LogP contribution < -0.4 is 5.73 Å². The van der Waals surface area contributed by atoms with Crippen LogP contribution >= 0.6 is 0 Å². The number of hydrogen-bond acceptors (Lipinski definition) is 2. The van der Waals surface area contributed by atoms with Gasteiger partial charge in [0.05, 0.1) is 17.4 Å². The lowest BCUT2D eigenvalue weighted by Gasteiger charge is -2.08. The van der Waals surface area contributed by atoms with Crippen LogP contribution in [0.4, 0.5) is 5.69 Å². The maximum absolute atomic E-state index is 5.72. The van der Waals surface area contributed by atoms with E-state index in [0.717, 1.165) is 11.4 Å². The van der Waals surface area contributed by atoms with Gasteiger partial charge in [-0.2, -0.15) is 5.10 Å². The lowest BCUT2D eigenvalue weighted by atomic mass is 10.3. The maximum Gasteiger partial charge on any atom is 0.0823 e. The molecule has 1 aliphatic carbocycles. The number of aryl methyl sites for hydroxylation is 1. The molecule has 1 saturated carbocycles. The van der Waals surface area contributed by atoms with Crippen LogP contribution in [0.1, 0.15) is 37.4 Å². The SMILES string of the molecule is Cc1nn(C2CCCC2)cc1N. The van der Waals surface area contributed by atoms with Crippen molar-refractivity contribution in [2.24, 2.45) is 0 Å². The standard InChI is InChI=1S/C9H15N3/c1-7-9(10)6-12(11-7)8-4-2-3-5-8/h6,8H,2-5,10H2,1H3. The minimum Gasteiger partial charge on any atom is -0.396 e. The molecule has 0 aliphatic heterocycles. The maximum atomic E-state index is 5.72. The highest BCUT2D eigenvalue weighted by Crippen LogP contribution is 2.29. The molecule has 1 aromatic rings. The van der Waals surface area contributed by atoms with E-state index in [0.29, 0.717) is 6.04 Å². The molecule has 0 radical (unpaired) electrons. The number of nitrogen functional groups attached to an aromatic ring is 1. The summed E-state index contributed by atoms with van der Waals surface area (Å²) in [5, 5.41) is 4.38. The zero-order valence-electron chi connectivity index (χ0n) is 7.45. The Kier molecular flexibility index (Phi) is 1.79. The summed E-state index contributed by atoms with van der Waals surface area (Å²) in [5.74, 6) is 0. The first-order valence-electron chi connectivity index (χ1n) is 4.58. The summed E-state index contributed by atoms with van der Waals surface area (Å²) in [5.41, 5.74) is 7.51. The third-order valence-corrected chi connectivity index (χ3v) is 2.65. The molecule has 1 fully saturated rings. The summed E-state index contributed by atoms with van der Waals surface area (Å²) in [4.78, 5) is 0. The van der Waals surface area contributed by atoms with Gasteiger partial charge in [0, 0.05) is 6.20 Å². The average Bonchev–Trinajstić information content (AvgIpc) is 2.61. The monoisotopic (exact) mass is 165 g/mol. The second-order valence-corrected chi connectivity index (χ2v) is 3.59. The molecule has 1 aliphatic rings. The molecule has 1 aromatic heterocycles. The Hall–Kier alpha value is -0.990. The van der Waals surface area contributed by atoms with Gasteiger partial charge in [-0.05, 0) is 19.8 Å². The topological polar surface area (TPSA) is 43.8 Å². The predicted octanol–water partition coefficient (Wildman–Crippen LogP) is 1.89. The van der Waals surface area contributed by atoms with Crippen molar-refractivity contribution >= 4 is 5.69 Å². The first-order valence-corrected chi connectivity index (χ1v) is 4.58. The van der Waals surface area contributed by atoms with Crippen LogP contribution in [-0.2, 0) is 0 Å². The molecule has 0 atom stereocenters. The van der Waals surface area contributed by atoms with Gasteiger partial charge in [-0.25, -0.2) is 0 Å². The number of nitrogens with two attached hydrogens (primary N) is 1. The Morgan fingerprint density at radius 1 is 1.50 bits per heavy atom. The Labute approximate surface area is 72.6 Å². The quantitative estimate of drug-likeness (QED) is 0.690. The van der Waals surface area contributed by atoms with Crippen molar-refractivity contribution in [3.63, 3.8) is 0 Å². The molecular formula is C9H15N3. The Morgan fingerprint density at radius 3 is 2.67 bits per heavy atom. The van der Waals surface area contributed by atoms with Crippen LogP contribution in [0.2, 0.25) is 0 Å². The van der Waals surface area contributed by atoms with Gasteiger partial charge < -0.3 is 5.73 Å². The number of aromatic nitrogens is 2. The lowest BCUT2D eigenvalue weighted by molar-refractivity contribution is 0.465. The van der Waals surface area contributed by atoms with E-state index in [9.17, 15) is 0 Å². The number of anilines is 1. The van der Waals surface area contributed by atoms with Gasteiger partial charge in [-0.1, -0.05) is 12.8 Å². The van der Waals surface area contributed by atoms with Crippen molar-refractivity contribution < 1.29 is 0 Å². The van der Waals surface area contributed by atoms with Gasteiger partial charge in [0.25, 0.3) is 0 Å². The van der Waals surface area contributed by atoms with Crippen LogP contribution in [-0.4, -0.2) is 9.78 Å². The van der Waals surface area contributed by atoms with E-state index in [2.05, 4.69) is 5.10 Å². The highest BCUT2D eigenvalue weighted by Gasteiger charge is 2.17. The van der Waals surface area contributed by atoms with Crippen LogP contribution in [0, 0.1) is 6.92 Å². The summed E-state index contributed by atoms with van der Waals surface area (Å²) >= 11 is 0. The van der Waals surface area contributed by atoms with E-state index in [4.69, 9.17) is 5.73 Å². The predicted molar refractivity (Wildman–Crippen MR) is 48.9 cm³/mol. The first-order chi connectivity index (χ1) is 5.77. The highest BCUT2D eigenvalue weighted by molar-refractivity contribution is 5.39. The molecule has 2 N–H and O–H groups in total. The second kappa shape index (κ2) is 2.81. The van der Waals surface area contributed by atoms with Crippen molar-refractivity contribution in [2.45, 2.75) is 38.6 Å². The molecule has 66 valence electrons. The van der Waals surface area contributed by atoms with Crippen LogP contribution in [0.15, 0.2) is 6.20 Å². The Morgan fingerprint density at radius 2 is 2.17 bits per heavy atom. The summed E-state index contributed by atoms with van der Waals surface area (Å²) in [6.45, 7) is 1.96. The molecule has 3 nitrogen and oxygen atoms in total. The van der Waals surface area contributed by atoms with E-state index in [1.807, 2.05) is 17.8 Å². The number of hydrogen-bond donors (Lipinski definition) is 1. The van der Waals surface area contributed by atoms with Gasteiger partial charge in [-0.3, -0.25) is 4.68 Å². The molecule has 1 heterocycles. The second-order valence-electron chi connectivity index (χ2n) is 3.59. The molecule has 12 heavy (non-hydrogen) atoms. The molecule has 3 heteroatoms. The fourth-order valence-corrected chi connectivity index (χ4v) is 1.85. The Balaban J connectivity index is 2.21. The van der Waals surface area contributed by atoms with Gasteiger partial charge in [0.1, 0.15) is 0 Å². The molecule has 0 unspecified atom stereocenters. The summed E-state index contributed by atoms with van der Waals surface area (Å²) < 4.78 is 2.04.